The fraction of sp³-hybridized carbons (Fsp3) is 1.00. The van der Waals surface area contributed by atoms with Crippen molar-refractivity contribution in [1.82, 2.24) is 0 Å². The molecule has 1 saturated heterocycles. The highest BCUT2D eigenvalue weighted by Gasteiger charge is 2.23. The lowest BCUT2D eigenvalue weighted by Crippen LogP contribution is -2.42. The number of nitrogens with zero attached hydrogens (tertiary/aromatic N) is 1. The highest BCUT2D eigenvalue weighted by Crippen LogP contribution is 2.21. The van der Waals surface area contributed by atoms with Crippen molar-refractivity contribution >= 4 is 0 Å². The molecule has 0 N–H and O–H groups in total. The maximum atomic E-state index is 2.37. The van der Waals surface area contributed by atoms with E-state index in [2.05, 4.69) is 21.0 Å². The molecule has 1 heteroatoms. The smallest absolute Gasteiger partial charge is 0.0810 e. The molecule has 0 spiro atoms. The average molecular weight is 156 g/mol. The Hall–Kier alpha value is -0.0400. The lowest BCUT2D eigenvalue weighted by molar-refractivity contribution is -0.892. The molecule has 0 aromatic carbocycles. The summed E-state index contributed by atoms with van der Waals surface area (Å²) in [5, 5.41) is 0. The van der Waals surface area contributed by atoms with E-state index in [1.54, 1.807) is 0 Å². The molecule has 0 aliphatic carbocycles. The highest BCUT2D eigenvalue weighted by molar-refractivity contribution is 4.60. The maximum absolute atomic E-state index is 2.37. The molecule has 0 aromatic heterocycles. The molecule has 1 aliphatic heterocycles. The Kier molecular flexibility index (Phi) is 2.94. The Morgan fingerprint density at radius 2 is 2.00 bits per heavy atom. The van der Waals surface area contributed by atoms with Crippen LogP contribution in [-0.4, -0.2) is 31.7 Å². The first-order chi connectivity index (χ1) is 5.14. The zero-order valence-corrected chi connectivity index (χ0v) is 8.27. The summed E-state index contributed by atoms with van der Waals surface area (Å²) in [5.74, 6) is 0.993. The quantitative estimate of drug-likeness (QED) is 0.511. The fourth-order valence-electron chi connectivity index (χ4n) is 2.19. The predicted molar refractivity (Wildman–Crippen MR) is 49.5 cm³/mol. The molecule has 1 atom stereocenters. The number of hydrogen-bond acceptors (Lipinski definition) is 0. The van der Waals surface area contributed by atoms with E-state index in [4.69, 9.17) is 0 Å². The van der Waals surface area contributed by atoms with Crippen LogP contribution in [0.2, 0.25) is 0 Å². The summed E-state index contributed by atoms with van der Waals surface area (Å²) < 4.78 is 1.25. The van der Waals surface area contributed by atoms with Crippen molar-refractivity contribution in [2.45, 2.75) is 32.6 Å². The Morgan fingerprint density at radius 1 is 1.27 bits per heavy atom. The second kappa shape index (κ2) is 3.57. The largest absolute Gasteiger partial charge is 0.328 e. The van der Waals surface area contributed by atoms with Gasteiger partial charge in [0.25, 0.3) is 0 Å². The molecule has 0 bridgehead atoms. The first kappa shape index (κ1) is 9.05. The minimum atomic E-state index is 0.993. The molecule has 1 heterocycles. The van der Waals surface area contributed by atoms with E-state index in [9.17, 15) is 0 Å². The van der Waals surface area contributed by atoms with Crippen LogP contribution in [0.25, 0.3) is 0 Å². The summed E-state index contributed by atoms with van der Waals surface area (Å²) >= 11 is 0. The van der Waals surface area contributed by atoms with E-state index in [0.29, 0.717) is 0 Å². The SMILES string of the molecule is CCC1CCCC[N+](C)(C)C1. The first-order valence-electron chi connectivity index (χ1n) is 4.96. The van der Waals surface area contributed by atoms with E-state index in [1.165, 1.54) is 43.3 Å². The van der Waals surface area contributed by atoms with Gasteiger partial charge in [-0.1, -0.05) is 6.92 Å². The third-order valence-corrected chi connectivity index (χ3v) is 2.96. The van der Waals surface area contributed by atoms with Gasteiger partial charge in [-0.3, -0.25) is 0 Å². The zero-order valence-electron chi connectivity index (χ0n) is 8.27. The van der Waals surface area contributed by atoms with Crippen LogP contribution < -0.4 is 0 Å². The average Bonchev–Trinajstić information content (AvgIpc) is 2.10. The molecule has 1 nitrogen and oxygen atoms in total. The van der Waals surface area contributed by atoms with Crippen LogP contribution in [-0.2, 0) is 0 Å². The van der Waals surface area contributed by atoms with Crippen LogP contribution in [0.5, 0.6) is 0 Å². The van der Waals surface area contributed by atoms with E-state index in [1.807, 2.05) is 0 Å². The van der Waals surface area contributed by atoms with Crippen LogP contribution in [0.15, 0.2) is 0 Å². The second-order valence-electron chi connectivity index (χ2n) is 4.61. The number of likely N-dealkylation sites (tertiary alicyclic amines) is 1. The molecule has 1 rings (SSSR count). The topological polar surface area (TPSA) is 0 Å². The van der Waals surface area contributed by atoms with E-state index < -0.39 is 0 Å². The monoisotopic (exact) mass is 156 g/mol. The molecular weight excluding hydrogens is 134 g/mol. The summed E-state index contributed by atoms with van der Waals surface area (Å²) in [5.41, 5.74) is 0. The summed E-state index contributed by atoms with van der Waals surface area (Å²) in [4.78, 5) is 0. The van der Waals surface area contributed by atoms with Crippen molar-refractivity contribution < 1.29 is 4.48 Å². The number of rotatable bonds is 1. The van der Waals surface area contributed by atoms with Gasteiger partial charge in [-0.2, -0.15) is 0 Å². The van der Waals surface area contributed by atoms with Crippen LogP contribution in [0.1, 0.15) is 32.6 Å². The Morgan fingerprint density at radius 3 is 2.64 bits per heavy atom. The highest BCUT2D eigenvalue weighted by atomic mass is 15.3. The molecule has 0 radical (unpaired) electrons. The molecule has 1 fully saturated rings. The van der Waals surface area contributed by atoms with E-state index in [-0.39, 0.29) is 0 Å². The van der Waals surface area contributed by atoms with Gasteiger partial charge < -0.3 is 4.48 Å². The van der Waals surface area contributed by atoms with Crippen LogP contribution in [0.3, 0.4) is 0 Å². The van der Waals surface area contributed by atoms with Gasteiger partial charge in [0.1, 0.15) is 0 Å². The summed E-state index contributed by atoms with van der Waals surface area (Å²) in [6.07, 6.45) is 5.74. The van der Waals surface area contributed by atoms with Crippen molar-refractivity contribution in [2.75, 3.05) is 27.2 Å². The van der Waals surface area contributed by atoms with Crippen molar-refractivity contribution in [3.63, 3.8) is 0 Å². The molecule has 0 aromatic rings. The standard InChI is InChI=1S/C10H22N/c1-4-10-7-5-6-8-11(2,3)9-10/h10H,4-9H2,1-3H3/q+1. The van der Waals surface area contributed by atoms with Crippen LogP contribution >= 0.6 is 0 Å². The molecular formula is C10H22N+. The van der Waals surface area contributed by atoms with Crippen molar-refractivity contribution in [3.8, 4) is 0 Å². The van der Waals surface area contributed by atoms with Gasteiger partial charge in [-0.15, -0.1) is 0 Å². The van der Waals surface area contributed by atoms with Crippen LogP contribution in [0, 0.1) is 5.92 Å². The lowest BCUT2D eigenvalue weighted by Gasteiger charge is -2.30. The molecule has 1 aliphatic rings. The third kappa shape index (κ3) is 2.82. The second-order valence-corrected chi connectivity index (χ2v) is 4.61. The van der Waals surface area contributed by atoms with Gasteiger partial charge in [-0.25, -0.2) is 0 Å². The van der Waals surface area contributed by atoms with Crippen molar-refractivity contribution in [2.24, 2.45) is 5.92 Å². The molecule has 11 heavy (non-hydrogen) atoms. The van der Waals surface area contributed by atoms with Gasteiger partial charge >= 0.3 is 0 Å². The first-order valence-corrected chi connectivity index (χ1v) is 4.96. The van der Waals surface area contributed by atoms with Crippen LogP contribution in [0.4, 0.5) is 0 Å². The summed E-state index contributed by atoms with van der Waals surface area (Å²) in [6, 6.07) is 0. The van der Waals surface area contributed by atoms with Crippen molar-refractivity contribution in [1.29, 1.82) is 0 Å². The Bertz CT molecular complexity index is 118. The molecule has 0 amide bonds. The summed E-state index contributed by atoms with van der Waals surface area (Å²) in [6.45, 7) is 5.11. The van der Waals surface area contributed by atoms with Gasteiger partial charge in [0.05, 0.1) is 27.2 Å². The fourth-order valence-corrected chi connectivity index (χ4v) is 2.19. The summed E-state index contributed by atoms with van der Waals surface area (Å²) in [7, 11) is 4.74. The molecule has 66 valence electrons. The minimum absolute atomic E-state index is 0.993. The van der Waals surface area contributed by atoms with Gasteiger partial charge in [0, 0.05) is 5.92 Å². The van der Waals surface area contributed by atoms with Gasteiger partial charge in [-0.05, 0) is 25.7 Å². The van der Waals surface area contributed by atoms with E-state index >= 15 is 0 Å². The predicted octanol–water partition coefficient (Wildman–Crippen LogP) is 2.27. The molecule has 1 unspecified atom stereocenters. The minimum Gasteiger partial charge on any atom is -0.328 e. The van der Waals surface area contributed by atoms with Gasteiger partial charge in [0.2, 0.25) is 0 Å². The van der Waals surface area contributed by atoms with Crippen molar-refractivity contribution in [3.05, 3.63) is 0 Å². The van der Waals surface area contributed by atoms with E-state index in [0.717, 1.165) is 5.92 Å². The Labute approximate surface area is 71.0 Å². The Balaban J connectivity index is 2.47. The third-order valence-electron chi connectivity index (χ3n) is 2.96. The number of hydrogen-bond donors (Lipinski definition) is 0. The number of quaternary nitrogens is 1. The zero-order chi connectivity index (χ0) is 8.32. The lowest BCUT2D eigenvalue weighted by atomic mass is 10.0. The van der Waals surface area contributed by atoms with Gasteiger partial charge in [0.15, 0.2) is 0 Å². The normalized spacial score (nSPS) is 31.4. The molecule has 0 saturated carbocycles. The maximum Gasteiger partial charge on any atom is 0.0810 e.